The van der Waals surface area contributed by atoms with Crippen LogP contribution in [-0.4, -0.2) is 9.97 Å². The lowest BCUT2D eigenvalue weighted by Crippen LogP contribution is -2.31. The summed E-state index contributed by atoms with van der Waals surface area (Å²) in [6.45, 7) is 7.70. The van der Waals surface area contributed by atoms with Crippen LogP contribution in [0.1, 0.15) is 31.1 Å². The zero-order valence-electron chi connectivity index (χ0n) is 8.05. The number of hydrogen-bond acceptors (Lipinski definition) is 3. The normalized spacial score (nSPS) is 11.8. The summed E-state index contributed by atoms with van der Waals surface area (Å²) in [7, 11) is 0. The van der Waals surface area contributed by atoms with Crippen molar-refractivity contribution in [2.75, 3.05) is 0 Å². The van der Waals surface area contributed by atoms with E-state index >= 15 is 0 Å². The first-order valence-electron chi connectivity index (χ1n) is 4.01. The van der Waals surface area contributed by atoms with Gasteiger partial charge in [-0.15, -0.1) is 0 Å². The number of nitrogens with zero attached hydrogens (tertiary/aromatic N) is 2. The quantitative estimate of drug-likeness (QED) is 0.682. The van der Waals surface area contributed by atoms with Gasteiger partial charge in [0.15, 0.2) is 0 Å². The Bertz CT molecular complexity index is 266. The van der Waals surface area contributed by atoms with E-state index in [4.69, 9.17) is 5.73 Å². The Morgan fingerprint density at radius 3 is 1.92 bits per heavy atom. The molecule has 0 unspecified atom stereocenters. The third-order valence-electron chi connectivity index (χ3n) is 1.56. The standard InChI is InChI=1S/C9H15N3/c1-6-5-7(2)12-8(11-6)9(3,4)10/h5H,10H2,1-4H3. The highest BCUT2D eigenvalue weighted by molar-refractivity contribution is 5.12. The first-order valence-corrected chi connectivity index (χ1v) is 4.01. The van der Waals surface area contributed by atoms with Gasteiger partial charge in [0.1, 0.15) is 5.82 Å². The van der Waals surface area contributed by atoms with Crippen molar-refractivity contribution in [1.82, 2.24) is 9.97 Å². The van der Waals surface area contributed by atoms with E-state index in [-0.39, 0.29) is 0 Å². The number of aryl methyl sites for hydroxylation is 2. The lowest BCUT2D eigenvalue weighted by Gasteiger charge is -2.17. The smallest absolute Gasteiger partial charge is 0.148 e. The van der Waals surface area contributed by atoms with Gasteiger partial charge in [0.05, 0.1) is 5.54 Å². The van der Waals surface area contributed by atoms with Crippen molar-refractivity contribution < 1.29 is 0 Å². The highest BCUT2D eigenvalue weighted by Crippen LogP contribution is 2.12. The minimum absolute atomic E-state index is 0.448. The third-order valence-corrected chi connectivity index (χ3v) is 1.56. The van der Waals surface area contributed by atoms with Gasteiger partial charge in [0, 0.05) is 11.4 Å². The summed E-state index contributed by atoms with van der Waals surface area (Å²) in [4.78, 5) is 8.54. The van der Waals surface area contributed by atoms with Gasteiger partial charge >= 0.3 is 0 Å². The molecule has 0 amide bonds. The Morgan fingerprint density at radius 2 is 1.58 bits per heavy atom. The molecule has 0 saturated carbocycles. The molecular formula is C9H15N3. The van der Waals surface area contributed by atoms with Crippen molar-refractivity contribution in [1.29, 1.82) is 0 Å². The second-order valence-corrected chi connectivity index (χ2v) is 3.70. The molecule has 0 saturated heterocycles. The predicted molar refractivity (Wildman–Crippen MR) is 48.7 cm³/mol. The monoisotopic (exact) mass is 165 g/mol. The van der Waals surface area contributed by atoms with Gasteiger partial charge in [0.2, 0.25) is 0 Å². The second-order valence-electron chi connectivity index (χ2n) is 3.70. The number of rotatable bonds is 1. The highest BCUT2D eigenvalue weighted by Gasteiger charge is 2.17. The van der Waals surface area contributed by atoms with Gasteiger partial charge < -0.3 is 5.73 Å². The summed E-state index contributed by atoms with van der Waals surface area (Å²) in [5.41, 5.74) is 7.36. The maximum atomic E-state index is 5.87. The summed E-state index contributed by atoms with van der Waals surface area (Å²) in [6.07, 6.45) is 0. The van der Waals surface area contributed by atoms with Crippen molar-refractivity contribution in [3.05, 3.63) is 23.3 Å². The average Bonchev–Trinajstić information content (AvgIpc) is 1.82. The van der Waals surface area contributed by atoms with E-state index in [2.05, 4.69) is 9.97 Å². The van der Waals surface area contributed by atoms with Gasteiger partial charge in [-0.05, 0) is 33.8 Å². The Hall–Kier alpha value is -0.960. The summed E-state index contributed by atoms with van der Waals surface area (Å²) >= 11 is 0. The fraction of sp³-hybridized carbons (Fsp3) is 0.556. The molecule has 3 heteroatoms. The molecule has 12 heavy (non-hydrogen) atoms. The van der Waals surface area contributed by atoms with Crippen LogP contribution in [-0.2, 0) is 5.54 Å². The highest BCUT2D eigenvalue weighted by atomic mass is 15.0. The van der Waals surface area contributed by atoms with Gasteiger partial charge in [-0.25, -0.2) is 9.97 Å². The Balaban J connectivity index is 3.18. The topological polar surface area (TPSA) is 51.8 Å². The van der Waals surface area contributed by atoms with E-state index in [0.717, 1.165) is 11.4 Å². The van der Waals surface area contributed by atoms with Crippen LogP contribution in [0.2, 0.25) is 0 Å². The molecule has 0 fully saturated rings. The van der Waals surface area contributed by atoms with Gasteiger partial charge in [-0.2, -0.15) is 0 Å². The predicted octanol–water partition coefficient (Wildman–Crippen LogP) is 1.29. The molecule has 0 aliphatic heterocycles. The summed E-state index contributed by atoms with van der Waals surface area (Å²) < 4.78 is 0. The zero-order valence-corrected chi connectivity index (χ0v) is 8.05. The number of aromatic nitrogens is 2. The Labute approximate surface area is 73.0 Å². The third kappa shape index (κ3) is 2.01. The molecule has 0 radical (unpaired) electrons. The minimum Gasteiger partial charge on any atom is -0.319 e. The fourth-order valence-electron chi connectivity index (χ4n) is 1.01. The van der Waals surface area contributed by atoms with Crippen molar-refractivity contribution in [3.8, 4) is 0 Å². The van der Waals surface area contributed by atoms with Crippen LogP contribution in [0.5, 0.6) is 0 Å². The summed E-state index contributed by atoms with van der Waals surface area (Å²) in [5.74, 6) is 0.708. The second kappa shape index (κ2) is 2.83. The molecule has 2 N–H and O–H groups in total. The maximum absolute atomic E-state index is 5.87. The summed E-state index contributed by atoms with van der Waals surface area (Å²) in [6, 6.07) is 1.94. The van der Waals surface area contributed by atoms with Crippen LogP contribution >= 0.6 is 0 Å². The number of hydrogen-bond donors (Lipinski definition) is 1. The van der Waals surface area contributed by atoms with E-state index < -0.39 is 5.54 Å². The SMILES string of the molecule is Cc1cc(C)nc(C(C)(C)N)n1. The average molecular weight is 165 g/mol. The molecule has 66 valence electrons. The first kappa shape index (κ1) is 9.13. The first-order chi connectivity index (χ1) is 5.39. The van der Waals surface area contributed by atoms with Crippen LogP contribution in [0, 0.1) is 13.8 Å². The van der Waals surface area contributed by atoms with Crippen molar-refractivity contribution in [2.24, 2.45) is 5.73 Å². The van der Waals surface area contributed by atoms with Crippen molar-refractivity contribution >= 4 is 0 Å². The van der Waals surface area contributed by atoms with Crippen LogP contribution in [0.15, 0.2) is 6.07 Å². The molecule has 0 aliphatic carbocycles. The molecular weight excluding hydrogens is 150 g/mol. The molecule has 0 spiro atoms. The largest absolute Gasteiger partial charge is 0.319 e. The molecule has 1 aromatic heterocycles. The van der Waals surface area contributed by atoms with Crippen LogP contribution in [0.25, 0.3) is 0 Å². The van der Waals surface area contributed by atoms with Crippen LogP contribution in [0.3, 0.4) is 0 Å². The Kier molecular flexibility index (Phi) is 2.15. The molecule has 0 atom stereocenters. The van der Waals surface area contributed by atoms with Crippen molar-refractivity contribution in [3.63, 3.8) is 0 Å². The van der Waals surface area contributed by atoms with E-state index in [9.17, 15) is 0 Å². The van der Waals surface area contributed by atoms with Crippen molar-refractivity contribution in [2.45, 2.75) is 33.2 Å². The minimum atomic E-state index is -0.448. The molecule has 1 rings (SSSR count). The molecule has 1 aromatic rings. The lowest BCUT2D eigenvalue weighted by molar-refractivity contribution is 0.510. The maximum Gasteiger partial charge on any atom is 0.148 e. The molecule has 0 aliphatic rings. The summed E-state index contributed by atoms with van der Waals surface area (Å²) in [5, 5.41) is 0. The van der Waals surface area contributed by atoms with E-state index in [0.29, 0.717) is 5.82 Å². The molecule has 0 bridgehead atoms. The molecule has 3 nitrogen and oxygen atoms in total. The van der Waals surface area contributed by atoms with Gasteiger partial charge in [0.25, 0.3) is 0 Å². The van der Waals surface area contributed by atoms with E-state index in [1.54, 1.807) is 0 Å². The fourth-order valence-corrected chi connectivity index (χ4v) is 1.01. The van der Waals surface area contributed by atoms with Gasteiger partial charge in [-0.3, -0.25) is 0 Å². The molecule has 0 aromatic carbocycles. The zero-order chi connectivity index (χ0) is 9.35. The van der Waals surface area contributed by atoms with Gasteiger partial charge in [-0.1, -0.05) is 0 Å². The lowest BCUT2D eigenvalue weighted by atomic mass is 10.1. The Morgan fingerprint density at radius 1 is 1.17 bits per heavy atom. The van der Waals surface area contributed by atoms with E-state index in [1.807, 2.05) is 33.8 Å². The number of nitrogens with two attached hydrogens (primary N) is 1. The van der Waals surface area contributed by atoms with Crippen LogP contribution < -0.4 is 5.73 Å². The van der Waals surface area contributed by atoms with E-state index in [1.165, 1.54) is 0 Å². The molecule has 1 heterocycles. The van der Waals surface area contributed by atoms with Crippen LogP contribution in [0.4, 0.5) is 0 Å².